The number of nitrogens with two attached hydrogens (primary N) is 1. The standard InChI is InChI=1S/C16H17NO2/c1-2-3-4-7-13-10-12-8-5-6-9-14(12)15(13)11-19-16(17)18/h2-10,15H,11H2,1H3,(H2,17,18)/b3-2-,7-4-. The number of ether oxygens (including phenoxy) is 1. The Balaban J connectivity index is 2.24. The van der Waals surface area contributed by atoms with Gasteiger partial charge in [0.15, 0.2) is 0 Å². The predicted octanol–water partition coefficient (Wildman–Crippen LogP) is 3.39. The van der Waals surface area contributed by atoms with Crippen LogP contribution in [-0.4, -0.2) is 12.7 Å². The topological polar surface area (TPSA) is 52.3 Å². The van der Waals surface area contributed by atoms with Gasteiger partial charge in [-0.15, -0.1) is 0 Å². The molecule has 1 amide bonds. The maximum atomic E-state index is 10.8. The molecule has 0 heterocycles. The van der Waals surface area contributed by atoms with Crippen LogP contribution in [0.15, 0.2) is 54.1 Å². The van der Waals surface area contributed by atoms with Crippen LogP contribution in [0.4, 0.5) is 4.79 Å². The third-order valence-electron chi connectivity index (χ3n) is 3.08. The molecule has 0 saturated heterocycles. The van der Waals surface area contributed by atoms with Crippen molar-refractivity contribution in [3.05, 3.63) is 65.3 Å². The molecule has 1 atom stereocenters. The van der Waals surface area contributed by atoms with Crippen molar-refractivity contribution in [3.8, 4) is 0 Å². The summed E-state index contributed by atoms with van der Waals surface area (Å²) in [6.07, 6.45) is 9.33. The monoisotopic (exact) mass is 255 g/mol. The van der Waals surface area contributed by atoms with Gasteiger partial charge in [0.1, 0.15) is 6.61 Å². The Bertz CT molecular complexity index is 556. The zero-order valence-corrected chi connectivity index (χ0v) is 10.9. The molecule has 2 N–H and O–H groups in total. The van der Waals surface area contributed by atoms with Gasteiger partial charge in [-0.2, -0.15) is 0 Å². The Labute approximate surface area is 113 Å². The summed E-state index contributed by atoms with van der Waals surface area (Å²) in [6.45, 7) is 2.24. The number of primary amides is 1. The zero-order chi connectivity index (χ0) is 13.7. The van der Waals surface area contributed by atoms with E-state index in [-0.39, 0.29) is 12.5 Å². The Morgan fingerprint density at radius 2 is 2.16 bits per heavy atom. The summed E-state index contributed by atoms with van der Waals surface area (Å²) in [5.41, 5.74) is 8.51. The fourth-order valence-electron chi connectivity index (χ4n) is 2.21. The van der Waals surface area contributed by atoms with Gasteiger partial charge in [-0.25, -0.2) is 4.79 Å². The maximum Gasteiger partial charge on any atom is 0.404 e. The number of hydrogen-bond acceptors (Lipinski definition) is 2. The van der Waals surface area contributed by atoms with E-state index in [4.69, 9.17) is 10.5 Å². The summed E-state index contributed by atoms with van der Waals surface area (Å²) in [6, 6.07) is 8.10. The molecule has 1 unspecified atom stereocenters. The number of carbonyl (C=O) groups excluding carboxylic acids is 1. The highest BCUT2D eigenvalue weighted by atomic mass is 16.5. The SMILES string of the molecule is C/C=C\C=C/C1=Cc2ccccc2C1COC(N)=O. The lowest BCUT2D eigenvalue weighted by atomic mass is 9.96. The number of hydrogen-bond donors (Lipinski definition) is 1. The molecule has 0 radical (unpaired) electrons. The van der Waals surface area contributed by atoms with E-state index in [0.29, 0.717) is 0 Å². The third-order valence-corrected chi connectivity index (χ3v) is 3.08. The molecule has 0 spiro atoms. The van der Waals surface area contributed by atoms with Crippen LogP contribution >= 0.6 is 0 Å². The first-order chi connectivity index (χ1) is 9.22. The van der Waals surface area contributed by atoms with E-state index in [1.54, 1.807) is 0 Å². The molecule has 0 aromatic heterocycles. The van der Waals surface area contributed by atoms with E-state index < -0.39 is 6.09 Å². The van der Waals surface area contributed by atoms with Gasteiger partial charge in [-0.05, 0) is 23.6 Å². The molecule has 1 aliphatic carbocycles. The van der Waals surface area contributed by atoms with Crippen molar-refractivity contribution < 1.29 is 9.53 Å². The number of benzene rings is 1. The molecule has 0 bridgehead atoms. The molecule has 2 rings (SSSR count). The third kappa shape index (κ3) is 3.13. The largest absolute Gasteiger partial charge is 0.449 e. The second-order valence-corrected chi connectivity index (χ2v) is 4.34. The summed E-state index contributed by atoms with van der Waals surface area (Å²) in [4.78, 5) is 10.8. The summed E-state index contributed by atoms with van der Waals surface area (Å²) < 4.78 is 4.97. The lowest BCUT2D eigenvalue weighted by Gasteiger charge is -2.14. The van der Waals surface area contributed by atoms with E-state index in [1.807, 2.05) is 43.4 Å². The molecule has 0 aliphatic heterocycles. The molecule has 1 aromatic carbocycles. The first-order valence-electron chi connectivity index (χ1n) is 6.24. The highest BCUT2D eigenvalue weighted by molar-refractivity contribution is 5.70. The molecule has 3 heteroatoms. The maximum absolute atomic E-state index is 10.8. The van der Waals surface area contributed by atoms with Crippen molar-refractivity contribution in [2.75, 3.05) is 6.61 Å². The number of amides is 1. The Kier molecular flexibility index (Phi) is 4.18. The second-order valence-electron chi connectivity index (χ2n) is 4.34. The van der Waals surface area contributed by atoms with Gasteiger partial charge < -0.3 is 10.5 Å². The van der Waals surface area contributed by atoms with Gasteiger partial charge in [0.25, 0.3) is 0 Å². The number of rotatable bonds is 4. The predicted molar refractivity (Wildman–Crippen MR) is 76.6 cm³/mol. The van der Waals surface area contributed by atoms with Crippen molar-refractivity contribution >= 4 is 12.2 Å². The van der Waals surface area contributed by atoms with Crippen LogP contribution in [0.3, 0.4) is 0 Å². The quantitative estimate of drug-likeness (QED) is 0.838. The van der Waals surface area contributed by atoms with Crippen molar-refractivity contribution in [2.45, 2.75) is 12.8 Å². The minimum absolute atomic E-state index is 0.0604. The molecular formula is C16H17NO2. The zero-order valence-electron chi connectivity index (χ0n) is 10.9. The number of fused-ring (bicyclic) bond motifs is 1. The van der Waals surface area contributed by atoms with Crippen LogP contribution in [0.1, 0.15) is 24.0 Å². The minimum atomic E-state index is -0.735. The Morgan fingerprint density at radius 1 is 1.37 bits per heavy atom. The van der Waals surface area contributed by atoms with Crippen molar-refractivity contribution in [1.82, 2.24) is 0 Å². The van der Waals surface area contributed by atoms with Crippen LogP contribution < -0.4 is 5.73 Å². The van der Waals surface area contributed by atoms with Crippen LogP contribution in [0.2, 0.25) is 0 Å². The lowest BCUT2D eigenvalue weighted by Crippen LogP contribution is -2.17. The van der Waals surface area contributed by atoms with Crippen molar-refractivity contribution in [1.29, 1.82) is 0 Å². The van der Waals surface area contributed by atoms with E-state index in [2.05, 4.69) is 18.2 Å². The molecule has 98 valence electrons. The van der Waals surface area contributed by atoms with Crippen LogP contribution in [0.5, 0.6) is 0 Å². The summed E-state index contributed by atoms with van der Waals surface area (Å²) >= 11 is 0. The fraction of sp³-hybridized carbons (Fsp3) is 0.188. The summed E-state index contributed by atoms with van der Waals surface area (Å²) in [5.74, 6) is 0.0604. The van der Waals surface area contributed by atoms with Crippen LogP contribution in [0.25, 0.3) is 6.08 Å². The summed E-state index contributed by atoms with van der Waals surface area (Å²) in [7, 11) is 0. The van der Waals surface area contributed by atoms with E-state index in [1.165, 1.54) is 11.1 Å². The molecule has 19 heavy (non-hydrogen) atoms. The van der Waals surface area contributed by atoms with Crippen molar-refractivity contribution in [2.24, 2.45) is 5.73 Å². The Hall–Kier alpha value is -2.29. The average molecular weight is 255 g/mol. The van der Waals surface area contributed by atoms with Gasteiger partial charge in [0.2, 0.25) is 0 Å². The molecule has 0 saturated carbocycles. The number of allylic oxidation sites excluding steroid dienone is 4. The first kappa shape index (κ1) is 13.1. The van der Waals surface area contributed by atoms with Gasteiger partial charge in [0.05, 0.1) is 0 Å². The van der Waals surface area contributed by atoms with Gasteiger partial charge in [-0.1, -0.05) is 54.6 Å². The second kappa shape index (κ2) is 6.05. The van der Waals surface area contributed by atoms with Crippen LogP contribution in [-0.2, 0) is 4.74 Å². The van der Waals surface area contributed by atoms with Crippen molar-refractivity contribution in [3.63, 3.8) is 0 Å². The molecular weight excluding hydrogens is 238 g/mol. The first-order valence-corrected chi connectivity index (χ1v) is 6.24. The van der Waals surface area contributed by atoms with Crippen LogP contribution in [0, 0.1) is 0 Å². The smallest absolute Gasteiger partial charge is 0.404 e. The molecule has 0 fully saturated rings. The average Bonchev–Trinajstić information content (AvgIpc) is 2.74. The number of carbonyl (C=O) groups is 1. The normalized spacial score (nSPS) is 17.7. The Morgan fingerprint density at radius 3 is 2.89 bits per heavy atom. The van der Waals surface area contributed by atoms with E-state index in [0.717, 1.165) is 5.57 Å². The highest BCUT2D eigenvalue weighted by Gasteiger charge is 2.24. The van der Waals surface area contributed by atoms with Gasteiger partial charge >= 0.3 is 6.09 Å². The van der Waals surface area contributed by atoms with E-state index >= 15 is 0 Å². The van der Waals surface area contributed by atoms with E-state index in [9.17, 15) is 4.79 Å². The van der Waals surface area contributed by atoms with Gasteiger partial charge in [0, 0.05) is 5.92 Å². The fourth-order valence-corrected chi connectivity index (χ4v) is 2.21. The van der Waals surface area contributed by atoms with Gasteiger partial charge in [-0.3, -0.25) is 0 Å². The molecule has 3 nitrogen and oxygen atoms in total. The summed E-state index contributed by atoms with van der Waals surface area (Å²) in [5, 5.41) is 0. The molecule has 1 aromatic rings. The highest BCUT2D eigenvalue weighted by Crippen LogP contribution is 2.36. The lowest BCUT2D eigenvalue weighted by molar-refractivity contribution is 0.153. The molecule has 1 aliphatic rings. The minimum Gasteiger partial charge on any atom is -0.449 e.